The minimum absolute atomic E-state index is 0.0115. The van der Waals surface area contributed by atoms with Crippen LogP contribution in [0.15, 0.2) is 41.4 Å². The van der Waals surface area contributed by atoms with E-state index in [9.17, 15) is 13.2 Å². The quantitative estimate of drug-likeness (QED) is 0.301. The van der Waals surface area contributed by atoms with Gasteiger partial charge in [-0.15, -0.1) is 0 Å². The Hall–Kier alpha value is -2.74. The van der Waals surface area contributed by atoms with Gasteiger partial charge in [-0.1, -0.05) is 6.07 Å². The number of aromatic nitrogens is 5. The fourth-order valence-corrected chi connectivity index (χ4v) is 4.73. The molecular formula is C21H24BrN7O4S. The molecule has 0 saturated heterocycles. The summed E-state index contributed by atoms with van der Waals surface area (Å²) in [6.45, 7) is 2.35. The van der Waals surface area contributed by atoms with Gasteiger partial charge in [0, 0.05) is 17.9 Å². The lowest BCUT2D eigenvalue weighted by Gasteiger charge is -2.15. The van der Waals surface area contributed by atoms with E-state index in [0.29, 0.717) is 24.3 Å². The molecule has 1 fully saturated rings. The Kier molecular flexibility index (Phi) is 7.36. The molecule has 3 aromatic heterocycles. The topological polar surface area (TPSA) is 155 Å². The van der Waals surface area contributed by atoms with Crippen LogP contribution >= 0.6 is 15.9 Å². The maximum Gasteiger partial charge on any atom is 0.333 e. The molecule has 34 heavy (non-hydrogen) atoms. The van der Waals surface area contributed by atoms with Crippen LogP contribution < -0.4 is 10.5 Å². The highest BCUT2D eigenvalue weighted by molar-refractivity contribution is 9.10. The van der Waals surface area contributed by atoms with Crippen LogP contribution in [0.3, 0.4) is 0 Å². The summed E-state index contributed by atoms with van der Waals surface area (Å²) in [6, 6.07) is 7.37. The molecule has 0 aliphatic heterocycles. The van der Waals surface area contributed by atoms with Gasteiger partial charge in [-0.05, 0) is 66.2 Å². The number of aryl methyl sites for hydroxylation is 1. The number of hydrogen-bond acceptors (Lipinski definition) is 9. The zero-order chi connectivity index (χ0) is 24.3. The molecule has 3 N–H and O–H groups in total. The summed E-state index contributed by atoms with van der Waals surface area (Å²) in [4.78, 5) is 26.0. The Labute approximate surface area is 205 Å². The van der Waals surface area contributed by atoms with Crippen molar-refractivity contribution in [1.29, 1.82) is 0 Å². The standard InChI is InChI=1S/C21H24BrN7O4S/c1-13-7-18(28-29(13)10-16-3-2-4-19(22)26-16)20(30)17-9-24-12-25-21(17)27-15-6-5-14(8-15)11-33-34(23,31)32/h2-4,7,9,12,14-15H,5-6,8,10-11H2,1H3,(H2,23,31,32)(H,24,25,27). The highest BCUT2D eigenvalue weighted by atomic mass is 79.9. The van der Waals surface area contributed by atoms with Crippen LogP contribution in [-0.2, 0) is 21.0 Å². The third kappa shape index (κ3) is 6.23. The van der Waals surface area contributed by atoms with Crippen molar-refractivity contribution in [2.24, 2.45) is 11.1 Å². The van der Waals surface area contributed by atoms with Crippen LogP contribution in [-0.4, -0.2) is 51.6 Å². The number of nitrogens with two attached hydrogens (primary N) is 1. The molecule has 3 aromatic rings. The third-order valence-electron chi connectivity index (χ3n) is 5.61. The number of nitrogens with one attached hydrogen (secondary N) is 1. The summed E-state index contributed by atoms with van der Waals surface area (Å²) in [5, 5.41) is 12.7. The first-order chi connectivity index (χ1) is 16.2. The summed E-state index contributed by atoms with van der Waals surface area (Å²) >= 11 is 3.36. The molecule has 1 saturated carbocycles. The normalized spacial score (nSPS) is 18.2. The van der Waals surface area contributed by atoms with E-state index in [4.69, 9.17) is 9.32 Å². The number of pyridine rings is 1. The Morgan fingerprint density at radius 1 is 1.35 bits per heavy atom. The molecule has 13 heteroatoms. The van der Waals surface area contributed by atoms with E-state index in [2.05, 4.69) is 41.3 Å². The Morgan fingerprint density at radius 3 is 2.94 bits per heavy atom. The van der Waals surface area contributed by atoms with Gasteiger partial charge in [0.2, 0.25) is 5.78 Å². The SMILES string of the molecule is Cc1cc(C(=O)c2cncnc2NC2CCC(COS(N)(=O)=O)C2)nn1Cc1cccc(Br)n1. The number of rotatable bonds is 9. The average molecular weight is 550 g/mol. The summed E-state index contributed by atoms with van der Waals surface area (Å²) in [7, 11) is -3.96. The molecule has 0 radical (unpaired) electrons. The molecule has 3 heterocycles. The monoisotopic (exact) mass is 549 g/mol. The number of halogens is 1. The van der Waals surface area contributed by atoms with Gasteiger partial charge < -0.3 is 5.32 Å². The van der Waals surface area contributed by atoms with Gasteiger partial charge in [-0.2, -0.15) is 13.5 Å². The lowest BCUT2D eigenvalue weighted by molar-refractivity contribution is 0.103. The van der Waals surface area contributed by atoms with Gasteiger partial charge in [0.25, 0.3) is 0 Å². The number of carbonyl (C=O) groups is 1. The predicted octanol–water partition coefficient (Wildman–Crippen LogP) is 2.22. The van der Waals surface area contributed by atoms with Crippen molar-refractivity contribution in [3.63, 3.8) is 0 Å². The van der Waals surface area contributed by atoms with Crippen molar-refractivity contribution < 1.29 is 17.4 Å². The molecule has 0 aromatic carbocycles. The van der Waals surface area contributed by atoms with Crippen molar-refractivity contribution >= 4 is 37.8 Å². The van der Waals surface area contributed by atoms with Gasteiger partial charge in [0.1, 0.15) is 22.4 Å². The van der Waals surface area contributed by atoms with Crippen LogP contribution in [0.1, 0.15) is 46.7 Å². The fourth-order valence-electron chi connectivity index (χ4n) is 3.96. The molecule has 180 valence electrons. The third-order valence-corrected chi connectivity index (χ3v) is 6.51. The Bertz CT molecular complexity index is 1300. The number of carbonyl (C=O) groups excluding carboxylic acids is 1. The second-order valence-corrected chi connectivity index (χ2v) is 10.2. The number of ketones is 1. The molecule has 1 aliphatic carbocycles. The Morgan fingerprint density at radius 2 is 2.18 bits per heavy atom. The van der Waals surface area contributed by atoms with Crippen LogP contribution in [0, 0.1) is 12.8 Å². The van der Waals surface area contributed by atoms with E-state index in [-0.39, 0.29) is 30.0 Å². The minimum atomic E-state index is -3.96. The summed E-state index contributed by atoms with van der Waals surface area (Å²) in [5.74, 6) is 0.167. The van der Waals surface area contributed by atoms with Crippen molar-refractivity contribution in [2.75, 3.05) is 11.9 Å². The maximum atomic E-state index is 13.3. The van der Waals surface area contributed by atoms with Gasteiger partial charge in [-0.25, -0.2) is 20.1 Å². The van der Waals surface area contributed by atoms with Crippen molar-refractivity contribution in [3.05, 3.63) is 64.0 Å². The van der Waals surface area contributed by atoms with E-state index in [0.717, 1.165) is 28.8 Å². The largest absolute Gasteiger partial charge is 0.367 e. The second-order valence-electron chi connectivity index (χ2n) is 8.19. The first kappa shape index (κ1) is 24.4. The minimum Gasteiger partial charge on any atom is -0.367 e. The van der Waals surface area contributed by atoms with E-state index in [1.54, 1.807) is 10.7 Å². The first-order valence-electron chi connectivity index (χ1n) is 10.6. The van der Waals surface area contributed by atoms with Crippen molar-refractivity contribution in [2.45, 2.75) is 38.8 Å². The van der Waals surface area contributed by atoms with Gasteiger partial charge in [0.15, 0.2) is 0 Å². The highest BCUT2D eigenvalue weighted by Gasteiger charge is 2.28. The second kappa shape index (κ2) is 10.3. The molecule has 0 spiro atoms. The molecule has 4 rings (SSSR count). The van der Waals surface area contributed by atoms with Crippen LogP contribution in [0.25, 0.3) is 0 Å². The van der Waals surface area contributed by atoms with Crippen LogP contribution in [0.4, 0.5) is 5.82 Å². The first-order valence-corrected chi connectivity index (χ1v) is 12.9. The number of hydrogen-bond donors (Lipinski definition) is 2. The Balaban J connectivity index is 1.46. The molecule has 0 bridgehead atoms. The van der Waals surface area contributed by atoms with Crippen LogP contribution in [0.5, 0.6) is 0 Å². The van der Waals surface area contributed by atoms with E-state index < -0.39 is 10.3 Å². The molecule has 0 amide bonds. The average Bonchev–Trinajstić information content (AvgIpc) is 3.38. The van der Waals surface area contributed by atoms with Gasteiger partial charge in [-0.3, -0.25) is 13.7 Å². The van der Waals surface area contributed by atoms with Gasteiger partial charge >= 0.3 is 10.3 Å². The smallest absolute Gasteiger partial charge is 0.333 e. The molecule has 2 unspecified atom stereocenters. The van der Waals surface area contributed by atoms with Crippen molar-refractivity contribution in [1.82, 2.24) is 24.7 Å². The zero-order valence-electron chi connectivity index (χ0n) is 18.4. The number of anilines is 1. The van der Waals surface area contributed by atoms with Crippen molar-refractivity contribution in [3.8, 4) is 0 Å². The maximum absolute atomic E-state index is 13.3. The molecule has 1 aliphatic rings. The summed E-state index contributed by atoms with van der Waals surface area (Å²) in [5.41, 5.74) is 2.24. The lowest BCUT2D eigenvalue weighted by Crippen LogP contribution is -2.22. The van der Waals surface area contributed by atoms with E-state index >= 15 is 0 Å². The van der Waals surface area contributed by atoms with E-state index in [1.807, 2.05) is 25.1 Å². The highest BCUT2D eigenvalue weighted by Crippen LogP contribution is 2.29. The predicted molar refractivity (Wildman–Crippen MR) is 127 cm³/mol. The summed E-state index contributed by atoms with van der Waals surface area (Å²) < 4.78 is 29.2. The lowest BCUT2D eigenvalue weighted by atomic mass is 10.1. The molecule has 11 nitrogen and oxygen atoms in total. The number of nitrogens with zero attached hydrogens (tertiary/aromatic N) is 5. The van der Waals surface area contributed by atoms with Crippen LogP contribution in [0.2, 0.25) is 0 Å². The zero-order valence-corrected chi connectivity index (χ0v) is 20.8. The van der Waals surface area contributed by atoms with E-state index in [1.165, 1.54) is 12.5 Å². The summed E-state index contributed by atoms with van der Waals surface area (Å²) in [6.07, 6.45) is 5.07. The fraction of sp³-hybridized carbons (Fsp3) is 0.381. The molecule has 2 atom stereocenters. The molecular weight excluding hydrogens is 526 g/mol. The van der Waals surface area contributed by atoms with Gasteiger partial charge in [0.05, 0.1) is 24.4 Å².